The molecule has 0 aliphatic heterocycles. The summed E-state index contributed by atoms with van der Waals surface area (Å²) in [6.07, 6.45) is 3.43. The average Bonchev–Trinajstić information content (AvgIpc) is 2.72. The van der Waals surface area contributed by atoms with Crippen molar-refractivity contribution in [2.75, 3.05) is 11.9 Å². The highest BCUT2D eigenvalue weighted by Crippen LogP contribution is 2.22. The molecule has 0 bridgehead atoms. The van der Waals surface area contributed by atoms with E-state index < -0.39 is 10.0 Å². The fourth-order valence-corrected chi connectivity index (χ4v) is 4.98. The Morgan fingerprint density at radius 2 is 1.78 bits per heavy atom. The first-order valence-electron chi connectivity index (χ1n) is 10.2. The molecule has 1 heterocycles. The molecule has 8 heteroatoms. The summed E-state index contributed by atoms with van der Waals surface area (Å²) in [6, 6.07) is 14.5. The van der Waals surface area contributed by atoms with Gasteiger partial charge in [0.2, 0.25) is 15.9 Å². The Kier molecular flexibility index (Phi) is 7.61. The molecular weight excluding hydrogens is 426 g/mol. The predicted molar refractivity (Wildman–Crippen MR) is 124 cm³/mol. The van der Waals surface area contributed by atoms with Crippen LogP contribution in [0.5, 0.6) is 5.75 Å². The molecular formula is C24H27N3O4S. The Balaban J connectivity index is 1.53. The molecule has 0 spiro atoms. The van der Waals surface area contributed by atoms with Crippen LogP contribution in [-0.4, -0.2) is 25.9 Å². The lowest BCUT2D eigenvalue weighted by molar-refractivity contribution is -0.116. The molecule has 7 nitrogen and oxygen atoms in total. The maximum atomic E-state index is 12.7. The number of hydrogen-bond donors (Lipinski definition) is 2. The lowest BCUT2D eigenvalue weighted by Gasteiger charge is -2.13. The number of aromatic nitrogens is 1. The van der Waals surface area contributed by atoms with Gasteiger partial charge in [-0.3, -0.25) is 9.78 Å². The van der Waals surface area contributed by atoms with Gasteiger partial charge < -0.3 is 10.1 Å². The molecule has 0 aliphatic carbocycles. The fraction of sp³-hybridized carbons (Fsp3) is 0.250. The third kappa shape index (κ3) is 6.38. The number of amides is 1. The summed E-state index contributed by atoms with van der Waals surface area (Å²) < 4.78 is 33.7. The number of carbonyl (C=O) groups excluding carboxylic acids is 1. The van der Waals surface area contributed by atoms with E-state index in [4.69, 9.17) is 4.74 Å². The quantitative estimate of drug-likeness (QED) is 0.512. The maximum absolute atomic E-state index is 12.7. The van der Waals surface area contributed by atoms with Gasteiger partial charge in [0.05, 0.1) is 4.90 Å². The summed E-state index contributed by atoms with van der Waals surface area (Å²) in [4.78, 5) is 16.6. The second kappa shape index (κ2) is 10.4. The van der Waals surface area contributed by atoms with Crippen LogP contribution >= 0.6 is 0 Å². The van der Waals surface area contributed by atoms with E-state index in [1.54, 1.807) is 50.5 Å². The molecule has 0 saturated carbocycles. The van der Waals surface area contributed by atoms with E-state index in [9.17, 15) is 13.2 Å². The molecule has 2 N–H and O–H groups in total. The zero-order valence-electron chi connectivity index (χ0n) is 18.4. The van der Waals surface area contributed by atoms with E-state index in [0.29, 0.717) is 29.2 Å². The third-order valence-corrected chi connectivity index (χ3v) is 6.53. The van der Waals surface area contributed by atoms with Crippen molar-refractivity contribution in [2.45, 2.75) is 38.7 Å². The number of ether oxygens (including phenoxy) is 1. The summed E-state index contributed by atoms with van der Waals surface area (Å²) in [5.41, 5.74) is 3.88. The third-order valence-electron chi connectivity index (χ3n) is 4.76. The van der Waals surface area contributed by atoms with Gasteiger partial charge in [-0.15, -0.1) is 0 Å². The number of aryl methyl sites for hydroxylation is 3. The van der Waals surface area contributed by atoms with Gasteiger partial charge in [0, 0.05) is 42.7 Å². The monoisotopic (exact) mass is 453 g/mol. The number of benzene rings is 2. The van der Waals surface area contributed by atoms with Gasteiger partial charge in [-0.1, -0.05) is 29.8 Å². The van der Waals surface area contributed by atoms with Crippen LogP contribution in [0, 0.1) is 20.8 Å². The molecule has 3 aromatic rings. The molecule has 0 saturated heterocycles. The van der Waals surface area contributed by atoms with Gasteiger partial charge >= 0.3 is 0 Å². The van der Waals surface area contributed by atoms with E-state index in [-0.39, 0.29) is 23.8 Å². The number of pyridine rings is 1. The molecule has 0 aliphatic rings. The van der Waals surface area contributed by atoms with Crippen LogP contribution < -0.4 is 14.8 Å². The van der Waals surface area contributed by atoms with Crippen LogP contribution in [0.4, 0.5) is 5.69 Å². The number of rotatable bonds is 9. The first-order valence-corrected chi connectivity index (χ1v) is 11.7. The van der Waals surface area contributed by atoms with Crippen molar-refractivity contribution >= 4 is 21.6 Å². The molecule has 1 aromatic heterocycles. The lowest BCUT2D eigenvalue weighted by Crippen LogP contribution is -2.29. The summed E-state index contributed by atoms with van der Waals surface area (Å²) in [7, 11) is -3.70. The molecule has 3 rings (SSSR count). The highest BCUT2D eigenvalue weighted by Gasteiger charge is 2.19. The Bertz CT molecular complexity index is 1170. The van der Waals surface area contributed by atoms with Crippen molar-refractivity contribution in [3.8, 4) is 5.75 Å². The minimum Gasteiger partial charge on any atom is -0.489 e. The zero-order valence-corrected chi connectivity index (χ0v) is 19.2. The standard InChI is InChI=1S/C24H27N3O4S/c1-17-12-18(2)24(19(3)13-17)32(29,30)26-11-9-23(28)27-21-7-4-8-22(14-21)31-16-20-6-5-10-25-15-20/h4-8,10,12-15,26H,9,11,16H2,1-3H3,(H,27,28). The van der Waals surface area contributed by atoms with Gasteiger partial charge in [0.15, 0.2) is 0 Å². The highest BCUT2D eigenvalue weighted by atomic mass is 32.2. The minimum absolute atomic E-state index is 0.00186. The van der Waals surface area contributed by atoms with Crippen LogP contribution in [0.3, 0.4) is 0 Å². The predicted octanol–water partition coefficient (Wildman–Crippen LogP) is 3.89. The SMILES string of the molecule is Cc1cc(C)c(S(=O)(=O)NCCC(=O)Nc2cccc(OCc3cccnc3)c2)c(C)c1. The highest BCUT2D eigenvalue weighted by molar-refractivity contribution is 7.89. The Morgan fingerprint density at radius 3 is 2.47 bits per heavy atom. The van der Waals surface area contributed by atoms with E-state index in [0.717, 1.165) is 11.1 Å². The number of carbonyl (C=O) groups is 1. The smallest absolute Gasteiger partial charge is 0.241 e. The maximum Gasteiger partial charge on any atom is 0.241 e. The fourth-order valence-electron chi connectivity index (χ4n) is 3.50. The normalized spacial score (nSPS) is 11.2. The van der Waals surface area contributed by atoms with E-state index in [1.165, 1.54) is 0 Å². The number of sulfonamides is 1. The molecule has 32 heavy (non-hydrogen) atoms. The summed E-state index contributed by atoms with van der Waals surface area (Å²) in [5.74, 6) is 0.312. The Morgan fingerprint density at radius 1 is 1.03 bits per heavy atom. The molecule has 0 radical (unpaired) electrons. The zero-order chi connectivity index (χ0) is 23.1. The summed E-state index contributed by atoms with van der Waals surface area (Å²) >= 11 is 0. The van der Waals surface area contributed by atoms with Gasteiger partial charge in [-0.25, -0.2) is 13.1 Å². The molecule has 1 amide bonds. The molecule has 0 atom stereocenters. The van der Waals surface area contributed by atoms with Crippen LogP contribution in [0.25, 0.3) is 0 Å². The molecule has 0 unspecified atom stereocenters. The van der Waals surface area contributed by atoms with Gasteiger partial charge in [0.1, 0.15) is 12.4 Å². The Hall–Kier alpha value is -3.23. The van der Waals surface area contributed by atoms with Gasteiger partial charge in [-0.05, 0) is 50.1 Å². The van der Waals surface area contributed by atoms with Crippen molar-refractivity contribution in [1.29, 1.82) is 0 Å². The van der Waals surface area contributed by atoms with Crippen molar-refractivity contribution in [1.82, 2.24) is 9.71 Å². The lowest BCUT2D eigenvalue weighted by atomic mass is 10.1. The molecule has 0 fully saturated rings. The Labute approximate surface area is 188 Å². The van der Waals surface area contributed by atoms with Crippen molar-refractivity contribution in [3.63, 3.8) is 0 Å². The van der Waals surface area contributed by atoms with Gasteiger partial charge in [0.25, 0.3) is 0 Å². The van der Waals surface area contributed by atoms with Gasteiger partial charge in [-0.2, -0.15) is 0 Å². The number of nitrogens with one attached hydrogen (secondary N) is 2. The summed E-state index contributed by atoms with van der Waals surface area (Å²) in [6.45, 7) is 5.82. The van der Waals surface area contributed by atoms with Crippen LogP contribution in [-0.2, 0) is 21.4 Å². The minimum atomic E-state index is -3.70. The van der Waals surface area contributed by atoms with Crippen molar-refractivity contribution < 1.29 is 17.9 Å². The van der Waals surface area contributed by atoms with Crippen molar-refractivity contribution in [2.24, 2.45) is 0 Å². The molecule has 2 aromatic carbocycles. The average molecular weight is 454 g/mol. The molecule has 168 valence electrons. The van der Waals surface area contributed by atoms with E-state index in [1.807, 2.05) is 31.2 Å². The summed E-state index contributed by atoms with van der Waals surface area (Å²) in [5, 5.41) is 2.77. The number of anilines is 1. The second-order valence-electron chi connectivity index (χ2n) is 7.60. The first-order chi connectivity index (χ1) is 15.2. The topological polar surface area (TPSA) is 97.4 Å². The van der Waals surface area contributed by atoms with Crippen LogP contribution in [0.1, 0.15) is 28.7 Å². The van der Waals surface area contributed by atoms with E-state index in [2.05, 4.69) is 15.0 Å². The number of nitrogens with zero attached hydrogens (tertiary/aromatic N) is 1. The number of hydrogen-bond acceptors (Lipinski definition) is 5. The second-order valence-corrected chi connectivity index (χ2v) is 9.31. The van der Waals surface area contributed by atoms with Crippen LogP contribution in [0.15, 0.2) is 65.8 Å². The van der Waals surface area contributed by atoms with Crippen molar-refractivity contribution in [3.05, 3.63) is 83.2 Å². The first kappa shape index (κ1) is 23.4. The van der Waals surface area contributed by atoms with E-state index >= 15 is 0 Å². The largest absolute Gasteiger partial charge is 0.489 e. The van der Waals surface area contributed by atoms with Crippen LogP contribution in [0.2, 0.25) is 0 Å².